The fraction of sp³-hybridized carbons (Fsp3) is 0.357. The number of rotatable bonds is 6. The standard InChI is InChI=1S/C14H17F2N3O/c1-3-17-8-10-9-18-19(13(10)14(15)16)11-6-4-5-7-12(11)20-2/h4-7,9,14,17H,3,8H2,1-2H3. The molecule has 0 saturated heterocycles. The summed E-state index contributed by atoms with van der Waals surface area (Å²) in [6.07, 6.45) is -1.13. The van der Waals surface area contributed by atoms with E-state index >= 15 is 0 Å². The van der Waals surface area contributed by atoms with Gasteiger partial charge in [0.15, 0.2) is 0 Å². The minimum atomic E-state index is -2.60. The van der Waals surface area contributed by atoms with E-state index in [-0.39, 0.29) is 5.69 Å². The van der Waals surface area contributed by atoms with Gasteiger partial charge < -0.3 is 10.1 Å². The van der Waals surface area contributed by atoms with Gasteiger partial charge in [0.25, 0.3) is 6.43 Å². The van der Waals surface area contributed by atoms with Gasteiger partial charge in [-0.2, -0.15) is 5.10 Å². The molecule has 0 bridgehead atoms. The van der Waals surface area contributed by atoms with Gasteiger partial charge in [0.05, 0.1) is 13.3 Å². The van der Waals surface area contributed by atoms with Crippen LogP contribution in [0.2, 0.25) is 0 Å². The van der Waals surface area contributed by atoms with Crippen LogP contribution in [-0.4, -0.2) is 23.4 Å². The highest BCUT2D eigenvalue weighted by atomic mass is 19.3. The van der Waals surface area contributed by atoms with Gasteiger partial charge in [-0.25, -0.2) is 13.5 Å². The zero-order chi connectivity index (χ0) is 14.5. The Bertz CT molecular complexity index is 569. The summed E-state index contributed by atoms with van der Waals surface area (Å²) in [6, 6.07) is 6.97. The second kappa shape index (κ2) is 6.47. The average molecular weight is 281 g/mol. The van der Waals surface area contributed by atoms with E-state index in [4.69, 9.17) is 4.74 Å². The first kappa shape index (κ1) is 14.5. The van der Waals surface area contributed by atoms with Crippen molar-refractivity contribution in [2.75, 3.05) is 13.7 Å². The molecule has 0 atom stereocenters. The summed E-state index contributed by atoms with van der Waals surface area (Å²) < 4.78 is 33.1. The predicted molar refractivity (Wildman–Crippen MR) is 72.5 cm³/mol. The Morgan fingerprint density at radius 3 is 2.75 bits per heavy atom. The molecule has 0 amide bonds. The van der Waals surface area contributed by atoms with Gasteiger partial charge >= 0.3 is 0 Å². The maximum absolute atomic E-state index is 13.3. The van der Waals surface area contributed by atoms with E-state index in [1.165, 1.54) is 18.0 Å². The summed E-state index contributed by atoms with van der Waals surface area (Å²) in [6.45, 7) is 3.00. The Labute approximate surface area is 116 Å². The molecule has 1 aromatic carbocycles. The van der Waals surface area contributed by atoms with E-state index in [1.807, 2.05) is 6.92 Å². The second-order valence-corrected chi connectivity index (χ2v) is 4.22. The fourth-order valence-corrected chi connectivity index (χ4v) is 2.02. The molecule has 0 aliphatic carbocycles. The number of hydrogen-bond acceptors (Lipinski definition) is 3. The van der Waals surface area contributed by atoms with Crippen LogP contribution < -0.4 is 10.1 Å². The monoisotopic (exact) mass is 281 g/mol. The van der Waals surface area contributed by atoms with Gasteiger partial charge in [0, 0.05) is 12.1 Å². The van der Waals surface area contributed by atoms with Gasteiger partial charge in [0.2, 0.25) is 0 Å². The van der Waals surface area contributed by atoms with Crippen LogP contribution in [0.4, 0.5) is 8.78 Å². The van der Waals surface area contributed by atoms with Gasteiger partial charge in [-0.3, -0.25) is 0 Å². The van der Waals surface area contributed by atoms with Crippen LogP contribution in [0.5, 0.6) is 5.75 Å². The summed E-state index contributed by atoms with van der Waals surface area (Å²) in [5, 5.41) is 7.12. The molecule has 2 aromatic rings. The van der Waals surface area contributed by atoms with Crippen molar-refractivity contribution < 1.29 is 13.5 Å². The third-order valence-corrected chi connectivity index (χ3v) is 2.97. The number of ether oxygens (including phenoxy) is 1. The number of benzene rings is 1. The van der Waals surface area contributed by atoms with Crippen LogP contribution in [0.3, 0.4) is 0 Å². The maximum atomic E-state index is 13.3. The lowest BCUT2D eigenvalue weighted by molar-refractivity contribution is 0.141. The zero-order valence-electron chi connectivity index (χ0n) is 11.4. The molecule has 1 aromatic heterocycles. The normalized spacial score (nSPS) is 11.1. The molecule has 6 heteroatoms. The highest BCUT2D eigenvalue weighted by Gasteiger charge is 2.22. The molecule has 0 spiro atoms. The largest absolute Gasteiger partial charge is 0.494 e. The van der Waals surface area contributed by atoms with Crippen molar-refractivity contribution in [3.05, 3.63) is 41.7 Å². The lowest BCUT2D eigenvalue weighted by Gasteiger charge is -2.12. The molecule has 0 radical (unpaired) electrons. The van der Waals surface area contributed by atoms with Crippen LogP contribution >= 0.6 is 0 Å². The summed E-state index contributed by atoms with van der Waals surface area (Å²) >= 11 is 0. The number of alkyl halides is 2. The van der Waals surface area contributed by atoms with Crippen molar-refractivity contribution in [1.29, 1.82) is 0 Å². The molecule has 0 aliphatic rings. The number of nitrogens with zero attached hydrogens (tertiary/aromatic N) is 2. The summed E-state index contributed by atoms with van der Waals surface area (Å²) in [7, 11) is 1.50. The van der Waals surface area contributed by atoms with Crippen LogP contribution in [0.25, 0.3) is 5.69 Å². The first-order valence-corrected chi connectivity index (χ1v) is 6.38. The van der Waals surface area contributed by atoms with Crippen LogP contribution in [0.1, 0.15) is 24.6 Å². The van der Waals surface area contributed by atoms with E-state index in [0.29, 0.717) is 30.1 Å². The Hall–Kier alpha value is -1.95. The van der Waals surface area contributed by atoms with Crippen LogP contribution in [0.15, 0.2) is 30.5 Å². The summed E-state index contributed by atoms with van der Waals surface area (Å²) in [5.74, 6) is 0.507. The minimum Gasteiger partial charge on any atom is -0.494 e. The molecule has 0 fully saturated rings. The Balaban J connectivity index is 2.48. The van der Waals surface area contributed by atoms with E-state index in [2.05, 4.69) is 10.4 Å². The topological polar surface area (TPSA) is 39.1 Å². The second-order valence-electron chi connectivity index (χ2n) is 4.22. The van der Waals surface area contributed by atoms with Crippen LogP contribution in [-0.2, 0) is 6.54 Å². The first-order chi connectivity index (χ1) is 9.69. The molecule has 4 nitrogen and oxygen atoms in total. The van der Waals surface area contributed by atoms with Crippen molar-refractivity contribution in [2.45, 2.75) is 19.9 Å². The number of aromatic nitrogens is 2. The quantitative estimate of drug-likeness (QED) is 0.885. The van der Waals surface area contributed by atoms with Gasteiger partial charge in [-0.1, -0.05) is 19.1 Å². The first-order valence-electron chi connectivity index (χ1n) is 6.38. The van der Waals surface area contributed by atoms with E-state index in [9.17, 15) is 8.78 Å². The Kier molecular flexibility index (Phi) is 4.68. The van der Waals surface area contributed by atoms with E-state index in [1.54, 1.807) is 24.3 Å². The molecule has 2 rings (SSSR count). The molecule has 108 valence electrons. The lowest BCUT2D eigenvalue weighted by atomic mass is 10.2. The SMILES string of the molecule is CCNCc1cnn(-c2ccccc2OC)c1C(F)F. The predicted octanol–water partition coefficient (Wildman–Crippen LogP) is 2.93. The molecular formula is C14H17F2N3O. The summed E-state index contributed by atoms with van der Waals surface area (Å²) in [5.41, 5.74) is 0.899. The highest BCUT2D eigenvalue weighted by Crippen LogP contribution is 2.29. The van der Waals surface area contributed by atoms with Crippen molar-refractivity contribution in [1.82, 2.24) is 15.1 Å². The number of nitrogens with one attached hydrogen (secondary N) is 1. The smallest absolute Gasteiger partial charge is 0.280 e. The Morgan fingerprint density at radius 2 is 2.10 bits per heavy atom. The third kappa shape index (κ3) is 2.80. The van der Waals surface area contributed by atoms with Gasteiger partial charge in [-0.05, 0) is 18.7 Å². The van der Waals surface area contributed by atoms with Crippen molar-refractivity contribution >= 4 is 0 Å². The molecule has 1 heterocycles. The number of methoxy groups -OCH3 is 1. The molecule has 0 saturated carbocycles. The van der Waals surface area contributed by atoms with Crippen molar-refractivity contribution in [3.63, 3.8) is 0 Å². The minimum absolute atomic E-state index is 0.101. The van der Waals surface area contributed by atoms with Gasteiger partial charge in [0.1, 0.15) is 17.1 Å². The Morgan fingerprint density at radius 1 is 1.35 bits per heavy atom. The van der Waals surface area contributed by atoms with E-state index in [0.717, 1.165) is 0 Å². The molecule has 0 unspecified atom stereocenters. The van der Waals surface area contributed by atoms with Crippen LogP contribution in [0, 0.1) is 0 Å². The third-order valence-electron chi connectivity index (χ3n) is 2.97. The fourth-order valence-electron chi connectivity index (χ4n) is 2.02. The molecule has 1 N–H and O–H groups in total. The average Bonchev–Trinajstić information content (AvgIpc) is 2.88. The zero-order valence-corrected chi connectivity index (χ0v) is 11.4. The molecule has 0 aliphatic heterocycles. The molecular weight excluding hydrogens is 264 g/mol. The number of para-hydroxylation sites is 2. The lowest BCUT2D eigenvalue weighted by Crippen LogP contribution is -2.14. The van der Waals surface area contributed by atoms with Crippen molar-refractivity contribution in [2.24, 2.45) is 0 Å². The van der Waals surface area contributed by atoms with Crippen molar-refractivity contribution in [3.8, 4) is 11.4 Å². The van der Waals surface area contributed by atoms with Gasteiger partial charge in [-0.15, -0.1) is 0 Å². The highest BCUT2D eigenvalue weighted by molar-refractivity contribution is 5.47. The van der Waals surface area contributed by atoms with E-state index < -0.39 is 6.43 Å². The maximum Gasteiger partial charge on any atom is 0.280 e. The molecule has 20 heavy (non-hydrogen) atoms. The number of halogens is 2. The number of hydrogen-bond donors (Lipinski definition) is 1. The summed E-state index contributed by atoms with van der Waals surface area (Å²) in [4.78, 5) is 0.